The van der Waals surface area contributed by atoms with Crippen molar-refractivity contribution in [3.8, 4) is 12.1 Å². The van der Waals surface area contributed by atoms with Gasteiger partial charge in [-0.25, -0.2) is 0 Å². The molecule has 0 aliphatic rings. The molecule has 34 heavy (non-hydrogen) atoms. The molecule has 0 spiro atoms. The highest BCUT2D eigenvalue weighted by Gasteiger charge is 2.14. The van der Waals surface area contributed by atoms with Crippen LogP contribution in [0.4, 0.5) is 0 Å². The number of hydrogen-bond acceptors (Lipinski definition) is 4. The zero-order valence-electron chi connectivity index (χ0n) is 19.4. The first-order chi connectivity index (χ1) is 16.6. The summed E-state index contributed by atoms with van der Waals surface area (Å²) in [7, 11) is 0. The average molecular weight is 493 g/mol. The molecule has 0 amide bonds. The highest BCUT2D eigenvalue weighted by Crippen LogP contribution is 2.02. The molecule has 0 aromatic heterocycles. The van der Waals surface area contributed by atoms with E-state index in [-0.39, 0.29) is 0 Å². The fourth-order valence-corrected chi connectivity index (χ4v) is 3.95. The van der Waals surface area contributed by atoms with Crippen LogP contribution in [0.2, 0.25) is 0 Å². The molecule has 0 heterocycles. The maximum Gasteiger partial charge on any atom is 0.169 e. The predicted molar refractivity (Wildman–Crippen MR) is 145 cm³/mol. The second kappa shape index (κ2) is 16.4. The van der Waals surface area contributed by atoms with Gasteiger partial charge in [-0.15, -0.1) is 0 Å². The third kappa shape index (κ3) is 10.6. The molecule has 0 bridgehead atoms. The Morgan fingerprint density at radius 3 is 1.38 bits per heavy atom. The smallest absolute Gasteiger partial charge is 0.169 e. The first-order valence-electron chi connectivity index (χ1n) is 11.5. The molecule has 0 saturated heterocycles. The van der Waals surface area contributed by atoms with Crippen molar-refractivity contribution in [2.45, 2.75) is 25.7 Å². The first-order valence-corrected chi connectivity index (χ1v) is 12.3. The van der Waals surface area contributed by atoms with E-state index in [0.29, 0.717) is 49.2 Å². The van der Waals surface area contributed by atoms with Crippen LogP contribution in [-0.4, -0.2) is 59.3 Å². The number of nitrogens with zero attached hydrogens (tertiary/aromatic N) is 4. The molecule has 0 aliphatic heterocycles. The molecular formula is C26H32N6S2. The number of benzene rings is 2. The molecule has 178 valence electrons. The Hall–Kier alpha value is -3.20. The Labute approximate surface area is 214 Å². The van der Waals surface area contributed by atoms with Gasteiger partial charge in [-0.3, -0.25) is 0 Å². The molecular weight excluding hydrogens is 460 g/mol. The minimum absolute atomic E-state index is 0.387. The lowest BCUT2D eigenvalue weighted by atomic mass is 10.1. The Morgan fingerprint density at radius 2 is 1.03 bits per heavy atom. The van der Waals surface area contributed by atoms with E-state index in [2.05, 4.69) is 47.0 Å². The van der Waals surface area contributed by atoms with Gasteiger partial charge in [0, 0.05) is 39.3 Å². The molecule has 0 fully saturated rings. The molecule has 6 nitrogen and oxygen atoms in total. The normalized spacial score (nSPS) is 9.94. The minimum Gasteiger partial charge on any atom is -0.362 e. The van der Waals surface area contributed by atoms with Gasteiger partial charge in [0.2, 0.25) is 0 Å². The lowest BCUT2D eigenvalue weighted by Gasteiger charge is -2.30. The van der Waals surface area contributed by atoms with E-state index in [1.54, 1.807) is 0 Å². The van der Waals surface area contributed by atoms with Gasteiger partial charge in [0.25, 0.3) is 0 Å². The van der Waals surface area contributed by atoms with Crippen molar-refractivity contribution in [3.05, 3.63) is 71.8 Å². The van der Waals surface area contributed by atoms with Gasteiger partial charge < -0.3 is 20.4 Å². The van der Waals surface area contributed by atoms with Gasteiger partial charge in [-0.05, 0) is 48.4 Å². The number of thiocarbonyl (C=S) groups is 2. The molecule has 0 saturated carbocycles. The van der Waals surface area contributed by atoms with Crippen LogP contribution < -0.4 is 10.6 Å². The number of hydrogen-bond donors (Lipinski definition) is 2. The highest BCUT2D eigenvalue weighted by molar-refractivity contribution is 7.80. The lowest BCUT2D eigenvalue weighted by Crippen LogP contribution is -2.48. The van der Waals surface area contributed by atoms with E-state index in [0.717, 1.165) is 25.9 Å². The Kier molecular flexibility index (Phi) is 13.1. The van der Waals surface area contributed by atoms with Crippen LogP contribution in [0.25, 0.3) is 0 Å². The SMILES string of the molecule is N#CCCN(CCN(CCC#N)C(=S)NCCc1ccccc1)C(=S)NCCc1ccccc1. The quantitative estimate of drug-likeness (QED) is 0.410. The maximum absolute atomic E-state index is 9.08. The van der Waals surface area contributed by atoms with Crippen molar-refractivity contribution in [3.63, 3.8) is 0 Å². The van der Waals surface area contributed by atoms with E-state index in [9.17, 15) is 0 Å². The second-order valence-corrected chi connectivity index (χ2v) is 8.50. The molecule has 0 radical (unpaired) electrons. The van der Waals surface area contributed by atoms with Crippen LogP contribution >= 0.6 is 24.4 Å². The summed E-state index contributed by atoms with van der Waals surface area (Å²) in [6.07, 6.45) is 2.52. The van der Waals surface area contributed by atoms with Crippen molar-refractivity contribution in [2.24, 2.45) is 0 Å². The van der Waals surface area contributed by atoms with Gasteiger partial charge in [-0.2, -0.15) is 10.5 Å². The summed E-state index contributed by atoms with van der Waals surface area (Å²) in [5.74, 6) is 0. The van der Waals surface area contributed by atoms with Crippen LogP contribution in [-0.2, 0) is 12.8 Å². The van der Waals surface area contributed by atoms with E-state index >= 15 is 0 Å². The van der Waals surface area contributed by atoms with Crippen LogP contribution in [0, 0.1) is 22.7 Å². The monoisotopic (exact) mass is 492 g/mol. The van der Waals surface area contributed by atoms with Gasteiger partial charge in [0.1, 0.15) is 0 Å². The van der Waals surface area contributed by atoms with Crippen molar-refractivity contribution < 1.29 is 0 Å². The molecule has 0 atom stereocenters. The molecule has 2 aromatic rings. The summed E-state index contributed by atoms with van der Waals surface area (Å²) < 4.78 is 0. The molecule has 2 aromatic carbocycles. The lowest BCUT2D eigenvalue weighted by molar-refractivity contribution is 0.339. The fourth-order valence-electron chi connectivity index (χ4n) is 3.38. The zero-order valence-corrected chi connectivity index (χ0v) is 21.1. The summed E-state index contributed by atoms with van der Waals surface area (Å²) in [5, 5.41) is 26.1. The van der Waals surface area contributed by atoms with E-state index in [4.69, 9.17) is 35.0 Å². The Balaban J connectivity index is 1.86. The predicted octanol–water partition coefficient (Wildman–Crippen LogP) is 3.65. The van der Waals surface area contributed by atoms with E-state index in [1.807, 2.05) is 46.2 Å². The summed E-state index contributed by atoms with van der Waals surface area (Å²) in [5.41, 5.74) is 2.49. The van der Waals surface area contributed by atoms with Crippen molar-refractivity contribution in [1.82, 2.24) is 20.4 Å². The van der Waals surface area contributed by atoms with Gasteiger partial charge in [0.05, 0.1) is 25.0 Å². The van der Waals surface area contributed by atoms with E-state index < -0.39 is 0 Å². The zero-order chi connectivity index (χ0) is 24.4. The van der Waals surface area contributed by atoms with Crippen LogP contribution in [0.3, 0.4) is 0 Å². The van der Waals surface area contributed by atoms with Crippen molar-refractivity contribution in [1.29, 1.82) is 10.5 Å². The standard InChI is InChI=1S/C26H32N6S2/c27-15-7-19-31(25(33)29-17-13-23-9-3-1-4-10-23)21-22-32(20-8-16-28)26(34)30-18-14-24-11-5-2-6-12-24/h1-6,9-12H,7-8,13-14,17-22H2,(H,29,33)(H,30,34). The number of nitrogens with one attached hydrogen (secondary N) is 2. The molecule has 2 N–H and O–H groups in total. The first kappa shape index (κ1) is 27.0. The molecule has 0 unspecified atom stereocenters. The Bertz CT molecular complexity index is 873. The molecule has 0 aliphatic carbocycles. The van der Waals surface area contributed by atoms with Crippen molar-refractivity contribution in [2.75, 3.05) is 39.3 Å². The second-order valence-electron chi connectivity index (χ2n) is 7.73. The van der Waals surface area contributed by atoms with Gasteiger partial charge in [-0.1, -0.05) is 60.7 Å². The summed E-state index contributed by atoms with van der Waals surface area (Å²) in [6.45, 7) is 3.78. The van der Waals surface area contributed by atoms with Gasteiger partial charge >= 0.3 is 0 Å². The van der Waals surface area contributed by atoms with Crippen LogP contribution in [0.5, 0.6) is 0 Å². The topological polar surface area (TPSA) is 78.1 Å². The maximum atomic E-state index is 9.08. The average Bonchev–Trinajstić information content (AvgIpc) is 2.87. The third-order valence-electron chi connectivity index (χ3n) is 5.27. The summed E-state index contributed by atoms with van der Waals surface area (Å²) in [4.78, 5) is 4.02. The summed E-state index contributed by atoms with van der Waals surface area (Å²) >= 11 is 11.2. The molecule has 2 rings (SSSR count). The fraction of sp³-hybridized carbons (Fsp3) is 0.385. The summed E-state index contributed by atoms with van der Waals surface area (Å²) in [6, 6.07) is 24.9. The highest BCUT2D eigenvalue weighted by atomic mass is 32.1. The van der Waals surface area contributed by atoms with Crippen molar-refractivity contribution >= 4 is 34.7 Å². The number of rotatable bonds is 13. The Morgan fingerprint density at radius 1 is 0.647 bits per heavy atom. The number of nitriles is 2. The van der Waals surface area contributed by atoms with E-state index in [1.165, 1.54) is 11.1 Å². The largest absolute Gasteiger partial charge is 0.362 e. The molecule has 8 heteroatoms. The van der Waals surface area contributed by atoms with Crippen LogP contribution in [0.1, 0.15) is 24.0 Å². The van der Waals surface area contributed by atoms with Crippen LogP contribution in [0.15, 0.2) is 60.7 Å². The third-order valence-corrected chi connectivity index (χ3v) is 6.07. The minimum atomic E-state index is 0.387. The van der Waals surface area contributed by atoms with Gasteiger partial charge in [0.15, 0.2) is 10.2 Å².